The Kier molecular flexibility index (Phi) is 10.5. The smallest absolute Gasteiger partial charge is 0.726 e. The molecule has 0 spiro atoms. The van der Waals surface area contributed by atoms with Gasteiger partial charge in [0, 0.05) is 12.5 Å². The third kappa shape index (κ3) is 5.67. The normalized spacial score (nSPS) is 49.3. The molecule has 0 bridgehead atoms. The molecule has 0 saturated heterocycles. The second-order valence-corrected chi connectivity index (χ2v) is 14.6. The molecule has 12 heteroatoms. The zero-order valence-corrected chi connectivity index (χ0v) is 26.8. The zero-order valence-electron chi connectivity index (χ0n) is 23.9. The molecule has 0 aromatic heterocycles. The maximum Gasteiger partial charge on any atom is 1.00 e. The summed E-state index contributed by atoms with van der Waals surface area (Å²) in [5, 5.41) is 66.8. The van der Waals surface area contributed by atoms with E-state index in [1.54, 1.807) is 0 Å². The first-order chi connectivity index (χ1) is 17.5. The third-order valence-electron chi connectivity index (χ3n) is 11.4. The fourth-order valence-corrected chi connectivity index (χ4v) is 10.3. The molecule has 6 N–H and O–H groups in total. The Morgan fingerprint density at radius 2 is 1.62 bits per heavy atom. The van der Waals surface area contributed by atoms with Gasteiger partial charge in [0.1, 0.15) is 17.8 Å². The van der Waals surface area contributed by atoms with Crippen molar-refractivity contribution in [2.24, 2.45) is 46.3 Å². The molecule has 0 heterocycles. The van der Waals surface area contributed by atoms with Crippen LogP contribution in [0.1, 0.15) is 79.1 Å². The molecule has 1 unspecified atom stereocenters. The molecule has 4 saturated carbocycles. The van der Waals surface area contributed by atoms with Crippen molar-refractivity contribution in [2.45, 2.75) is 115 Å². The van der Waals surface area contributed by atoms with Gasteiger partial charge in [-0.3, -0.25) is 4.18 Å². The topological polar surface area (TPSA) is 188 Å². The number of hydrogen-bond acceptors (Lipinski definition) is 10. The summed E-state index contributed by atoms with van der Waals surface area (Å²) < 4.78 is 40.2. The molecule has 222 valence electrons. The van der Waals surface area contributed by atoms with Gasteiger partial charge < -0.3 is 35.2 Å². The van der Waals surface area contributed by atoms with Crippen LogP contribution < -0.4 is 29.6 Å². The van der Waals surface area contributed by atoms with E-state index < -0.39 is 75.1 Å². The third-order valence-corrected chi connectivity index (χ3v) is 11.9. The van der Waals surface area contributed by atoms with Crippen molar-refractivity contribution in [1.29, 1.82) is 0 Å². The molecule has 14 atom stereocenters. The van der Waals surface area contributed by atoms with Crippen LogP contribution in [0.2, 0.25) is 0 Å². The van der Waals surface area contributed by atoms with E-state index in [1.165, 1.54) is 0 Å². The number of rotatable bonds is 8. The molecule has 4 fully saturated rings. The number of fused-ring (bicyclic) bond motifs is 5. The van der Waals surface area contributed by atoms with Gasteiger partial charge in [0.2, 0.25) is 10.4 Å². The standard InChI is InChI=1S/C27H48O10S.Na/c1-14(13-28)6-5-7-15(2)19-20(30)21(31)23-26(19,4)11-9-18-25(3)10-8-16(29)12-17(25)22(37-38(34,35)36)24(32)27(18,23)33;/h14-24,28-33H,5-13H2,1-4H3,(H,34,35,36);/q;+1/p-1/t14?,15-,16+,17-,18-,19+,20-,21+,22-,23-,24-,25+,26-,27+;/m1./s1. The summed E-state index contributed by atoms with van der Waals surface area (Å²) in [4.78, 5) is 0. The molecule has 0 aliphatic heterocycles. The van der Waals surface area contributed by atoms with Crippen molar-refractivity contribution >= 4 is 10.4 Å². The second-order valence-electron chi connectivity index (χ2n) is 13.6. The Morgan fingerprint density at radius 3 is 2.21 bits per heavy atom. The Bertz CT molecular complexity index is 968. The Labute approximate surface area is 254 Å². The van der Waals surface area contributed by atoms with E-state index in [9.17, 15) is 43.6 Å². The number of hydrogen-bond donors (Lipinski definition) is 6. The maximum absolute atomic E-state index is 12.5. The van der Waals surface area contributed by atoms with Crippen LogP contribution in [0.15, 0.2) is 0 Å². The van der Waals surface area contributed by atoms with Crippen molar-refractivity contribution in [1.82, 2.24) is 0 Å². The van der Waals surface area contributed by atoms with Crippen LogP contribution in [0.3, 0.4) is 0 Å². The monoisotopic (exact) mass is 586 g/mol. The summed E-state index contributed by atoms with van der Waals surface area (Å²) in [5.41, 5.74) is -3.56. The molecule has 10 nitrogen and oxygen atoms in total. The van der Waals surface area contributed by atoms with Crippen LogP contribution in [0.25, 0.3) is 0 Å². The summed E-state index contributed by atoms with van der Waals surface area (Å²) in [5.74, 6) is -2.47. The summed E-state index contributed by atoms with van der Waals surface area (Å²) in [6.07, 6.45) is -2.23. The molecule has 0 aromatic carbocycles. The Morgan fingerprint density at radius 1 is 1.00 bits per heavy atom. The first kappa shape index (κ1) is 34.1. The van der Waals surface area contributed by atoms with Gasteiger partial charge in [0.05, 0.1) is 18.3 Å². The largest absolute Gasteiger partial charge is 1.00 e. The van der Waals surface area contributed by atoms with Crippen LogP contribution in [0.5, 0.6) is 0 Å². The van der Waals surface area contributed by atoms with Gasteiger partial charge in [-0.25, -0.2) is 8.42 Å². The number of aliphatic hydroxyl groups excluding tert-OH is 5. The summed E-state index contributed by atoms with van der Waals surface area (Å²) >= 11 is 0. The van der Waals surface area contributed by atoms with E-state index in [2.05, 4.69) is 0 Å². The van der Waals surface area contributed by atoms with Crippen LogP contribution in [-0.2, 0) is 14.6 Å². The van der Waals surface area contributed by atoms with Crippen molar-refractivity contribution in [3.05, 3.63) is 0 Å². The van der Waals surface area contributed by atoms with Crippen molar-refractivity contribution < 1.29 is 77.4 Å². The van der Waals surface area contributed by atoms with E-state index >= 15 is 0 Å². The molecule has 39 heavy (non-hydrogen) atoms. The van der Waals surface area contributed by atoms with Gasteiger partial charge in [-0.05, 0) is 78.9 Å². The first-order valence-electron chi connectivity index (χ1n) is 14.2. The van der Waals surface area contributed by atoms with E-state index in [-0.39, 0.29) is 60.3 Å². The molecule has 0 aromatic rings. The molecule has 4 aliphatic rings. The maximum atomic E-state index is 12.5. The minimum absolute atomic E-state index is 0. The second kappa shape index (κ2) is 12.0. The predicted molar refractivity (Wildman–Crippen MR) is 136 cm³/mol. The summed E-state index contributed by atoms with van der Waals surface area (Å²) in [6, 6.07) is 0. The minimum Gasteiger partial charge on any atom is -0.726 e. The summed E-state index contributed by atoms with van der Waals surface area (Å²) in [6.45, 7) is 7.90. The number of aliphatic hydroxyl groups is 6. The van der Waals surface area contributed by atoms with Crippen molar-refractivity contribution in [2.75, 3.05) is 6.61 Å². The van der Waals surface area contributed by atoms with E-state index in [0.29, 0.717) is 25.7 Å². The summed E-state index contributed by atoms with van der Waals surface area (Å²) in [7, 11) is -5.25. The van der Waals surface area contributed by atoms with Crippen molar-refractivity contribution in [3.63, 3.8) is 0 Å². The minimum atomic E-state index is -5.25. The van der Waals surface area contributed by atoms with E-state index in [0.717, 1.165) is 19.3 Å². The first-order valence-corrected chi connectivity index (χ1v) is 15.5. The van der Waals surface area contributed by atoms with Gasteiger partial charge in [-0.1, -0.05) is 40.5 Å². The van der Waals surface area contributed by atoms with Crippen LogP contribution in [-0.4, -0.2) is 86.3 Å². The molecule has 0 amide bonds. The van der Waals surface area contributed by atoms with Crippen LogP contribution in [0, 0.1) is 46.3 Å². The molecule has 0 radical (unpaired) electrons. The van der Waals surface area contributed by atoms with Gasteiger partial charge in [0.15, 0.2) is 0 Å². The van der Waals surface area contributed by atoms with Crippen LogP contribution >= 0.6 is 0 Å². The average Bonchev–Trinajstić information content (AvgIpc) is 3.03. The Balaban J connectivity index is 0.00000420. The van der Waals surface area contributed by atoms with Gasteiger partial charge in [-0.15, -0.1) is 0 Å². The molecular weight excluding hydrogens is 539 g/mol. The van der Waals surface area contributed by atoms with Gasteiger partial charge >= 0.3 is 29.6 Å². The van der Waals surface area contributed by atoms with Crippen molar-refractivity contribution in [3.8, 4) is 0 Å². The SMILES string of the molecule is CC(CO)CCC[C@@H](C)[C@H]1[C@@H](O)[C@H](O)[C@@H]2[C@]1(C)CC[C@@H]1[C@@]3(C)CC[C@H](O)C[C@@H]3[C@@H](OS(=O)(=O)[O-])[C@@H](O)[C@]12O.[Na+]. The quantitative estimate of drug-likeness (QED) is 0.105. The molecule has 4 rings (SSSR count). The molecular formula is C27H47NaO10S. The van der Waals surface area contributed by atoms with Crippen LogP contribution in [0.4, 0.5) is 0 Å². The van der Waals surface area contributed by atoms with E-state index in [1.807, 2.05) is 27.7 Å². The van der Waals surface area contributed by atoms with Gasteiger partial charge in [0.25, 0.3) is 0 Å². The fraction of sp³-hybridized carbons (Fsp3) is 1.00. The van der Waals surface area contributed by atoms with E-state index in [4.69, 9.17) is 4.18 Å². The predicted octanol–water partition coefficient (Wildman–Crippen LogP) is -2.07. The van der Waals surface area contributed by atoms with Gasteiger partial charge in [-0.2, -0.15) is 0 Å². The molecule has 4 aliphatic carbocycles. The Hall–Kier alpha value is 0.630. The average molecular weight is 587 g/mol. The fourth-order valence-electron chi connectivity index (χ4n) is 9.74. The zero-order chi connectivity index (χ0) is 28.4.